The Morgan fingerprint density at radius 2 is 2.09 bits per heavy atom. The second-order valence-electron chi connectivity index (χ2n) is 5.63. The number of nitrogens with zero attached hydrogens (tertiary/aromatic N) is 1. The largest absolute Gasteiger partial charge is 0.435 e. The Balaban J connectivity index is 0.000000224. The van der Waals surface area contributed by atoms with Gasteiger partial charge in [-0.05, 0) is 44.9 Å². The van der Waals surface area contributed by atoms with Crippen molar-refractivity contribution in [3.8, 4) is 5.75 Å². The predicted molar refractivity (Wildman–Crippen MR) is 84.6 cm³/mol. The molecule has 3 nitrogen and oxygen atoms in total. The Kier molecular flexibility index (Phi) is 8.35. The number of rotatable bonds is 4. The average molecular weight is 315 g/mol. The smallest absolute Gasteiger partial charge is 0.387 e. The molecule has 1 aliphatic rings. The van der Waals surface area contributed by atoms with Gasteiger partial charge in [-0.2, -0.15) is 8.78 Å². The third-order valence-electron chi connectivity index (χ3n) is 3.61. The average Bonchev–Trinajstić information content (AvgIpc) is 2.47. The van der Waals surface area contributed by atoms with Crippen LogP contribution in [-0.2, 0) is 11.2 Å². The van der Waals surface area contributed by atoms with Crippen LogP contribution in [0.25, 0.3) is 0 Å². The molecular formula is C17H27F2NO2. The third kappa shape index (κ3) is 6.71. The van der Waals surface area contributed by atoms with Crippen LogP contribution in [0, 0.1) is 0 Å². The number of benzene rings is 1. The highest BCUT2D eigenvalue weighted by atomic mass is 19.3. The highest BCUT2D eigenvalue weighted by Gasteiger charge is 2.20. The van der Waals surface area contributed by atoms with Gasteiger partial charge < -0.3 is 9.47 Å². The summed E-state index contributed by atoms with van der Waals surface area (Å²) in [5.41, 5.74) is 0.994. The summed E-state index contributed by atoms with van der Waals surface area (Å²) in [4.78, 5) is 2.48. The molecule has 0 amide bonds. The van der Waals surface area contributed by atoms with Gasteiger partial charge in [0, 0.05) is 18.6 Å². The van der Waals surface area contributed by atoms with Gasteiger partial charge in [-0.15, -0.1) is 0 Å². The number of aryl methyl sites for hydroxylation is 1. The Bertz CT molecular complexity index is 427. The molecule has 1 atom stereocenters. The Morgan fingerprint density at radius 3 is 2.59 bits per heavy atom. The van der Waals surface area contributed by atoms with Crippen molar-refractivity contribution in [2.45, 2.75) is 52.8 Å². The lowest BCUT2D eigenvalue weighted by molar-refractivity contribution is -0.0498. The molecule has 0 radical (unpaired) electrons. The minimum absolute atomic E-state index is 0.226. The summed E-state index contributed by atoms with van der Waals surface area (Å²) in [5.74, 6) is 0.226. The van der Waals surface area contributed by atoms with Crippen LogP contribution in [0.5, 0.6) is 5.75 Å². The number of halogens is 2. The van der Waals surface area contributed by atoms with E-state index in [4.69, 9.17) is 4.74 Å². The lowest BCUT2D eigenvalue weighted by Crippen LogP contribution is -2.47. The summed E-state index contributed by atoms with van der Waals surface area (Å²) in [6.07, 6.45) is 0.820. The fraction of sp³-hybridized carbons (Fsp3) is 0.647. The fourth-order valence-electron chi connectivity index (χ4n) is 2.45. The summed E-state index contributed by atoms with van der Waals surface area (Å²) >= 11 is 0. The maximum absolute atomic E-state index is 11.7. The van der Waals surface area contributed by atoms with Crippen LogP contribution >= 0.6 is 0 Å². The molecule has 2 rings (SSSR count). The second-order valence-corrected chi connectivity index (χ2v) is 5.63. The van der Waals surface area contributed by atoms with Gasteiger partial charge in [0.15, 0.2) is 0 Å². The maximum atomic E-state index is 11.7. The van der Waals surface area contributed by atoms with Crippen molar-refractivity contribution < 1.29 is 18.3 Å². The molecule has 0 unspecified atom stereocenters. The topological polar surface area (TPSA) is 21.7 Å². The molecule has 1 aromatic carbocycles. The standard InChI is InChI=1S/C9H10F2O.C8H17NO/c1-2-7-4-3-5-8(6-7)12-9(10)11;1-7(2)9-4-5-10-6-8(9)3/h3-6,9H,2H2,1H3;7-8H,4-6H2,1-3H3/t;8-/m.1/s1. The third-order valence-corrected chi connectivity index (χ3v) is 3.61. The molecule has 1 saturated heterocycles. The molecule has 5 heteroatoms. The number of hydrogen-bond acceptors (Lipinski definition) is 3. The van der Waals surface area contributed by atoms with Crippen LogP contribution in [0.4, 0.5) is 8.78 Å². The van der Waals surface area contributed by atoms with Crippen molar-refractivity contribution in [3.63, 3.8) is 0 Å². The van der Waals surface area contributed by atoms with Gasteiger partial charge in [0.1, 0.15) is 5.75 Å². The van der Waals surface area contributed by atoms with Crippen molar-refractivity contribution in [2.75, 3.05) is 19.8 Å². The number of hydrogen-bond donors (Lipinski definition) is 0. The van der Waals surface area contributed by atoms with Gasteiger partial charge in [-0.1, -0.05) is 19.1 Å². The zero-order valence-electron chi connectivity index (χ0n) is 13.9. The normalized spacial score (nSPS) is 19.0. The highest BCUT2D eigenvalue weighted by molar-refractivity contribution is 5.28. The lowest BCUT2D eigenvalue weighted by Gasteiger charge is -2.36. The lowest BCUT2D eigenvalue weighted by atomic mass is 10.2. The molecular weight excluding hydrogens is 288 g/mol. The Hall–Kier alpha value is -1.20. The van der Waals surface area contributed by atoms with Crippen LogP contribution in [-0.4, -0.2) is 43.4 Å². The molecule has 0 N–H and O–H groups in total. The number of ether oxygens (including phenoxy) is 2. The van der Waals surface area contributed by atoms with E-state index in [2.05, 4.69) is 30.4 Å². The summed E-state index contributed by atoms with van der Waals surface area (Å²) in [6.45, 7) is 8.82. The van der Waals surface area contributed by atoms with Crippen LogP contribution in [0.1, 0.15) is 33.3 Å². The quantitative estimate of drug-likeness (QED) is 0.839. The van der Waals surface area contributed by atoms with Gasteiger partial charge in [0.05, 0.1) is 13.2 Å². The van der Waals surface area contributed by atoms with Crippen LogP contribution in [0.15, 0.2) is 24.3 Å². The predicted octanol–water partition coefficient (Wildman–Crippen LogP) is 3.97. The van der Waals surface area contributed by atoms with Gasteiger partial charge in [0.2, 0.25) is 0 Å². The van der Waals surface area contributed by atoms with E-state index in [1.807, 2.05) is 13.0 Å². The fourth-order valence-corrected chi connectivity index (χ4v) is 2.45. The molecule has 0 aromatic heterocycles. The van der Waals surface area contributed by atoms with E-state index in [-0.39, 0.29) is 5.75 Å². The molecule has 0 saturated carbocycles. The molecule has 1 aromatic rings. The minimum atomic E-state index is -2.74. The van der Waals surface area contributed by atoms with Crippen molar-refractivity contribution in [1.82, 2.24) is 4.90 Å². The van der Waals surface area contributed by atoms with E-state index in [9.17, 15) is 8.78 Å². The van der Waals surface area contributed by atoms with Gasteiger partial charge in [-0.25, -0.2) is 0 Å². The first kappa shape index (κ1) is 18.8. The van der Waals surface area contributed by atoms with Crippen molar-refractivity contribution in [3.05, 3.63) is 29.8 Å². The molecule has 0 spiro atoms. The van der Waals surface area contributed by atoms with Crippen LogP contribution in [0.2, 0.25) is 0 Å². The zero-order valence-corrected chi connectivity index (χ0v) is 13.9. The van der Waals surface area contributed by atoms with E-state index >= 15 is 0 Å². The molecule has 1 fully saturated rings. The van der Waals surface area contributed by atoms with Crippen LogP contribution in [0.3, 0.4) is 0 Å². The van der Waals surface area contributed by atoms with E-state index in [1.54, 1.807) is 12.1 Å². The molecule has 1 heterocycles. The Labute approximate surface area is 132 Å². The second kappa shape index (κ2) is 9.74. The molecule has 126 valence electrons. The Morgan fingerprint density at radius 1 is 1.36 bits per heavy atom. The molecule has 1 aliphatic heterocycles. The van der Waals surface area contributed by atoms with Gasteiger partial charge in [-0.3, -0.25) is 4.90 Å². The molecule has 22 heavy (non-hydrogen) atoms. The first-order valence-corrected chi connectivity index (χ1v) is 7.81. The highest BCUT2D eigenvalue weighted by Crippen LogP contribution is 2.15. The molecule has 0 bridgehead atoms. The first-order chi connectivity index (χ1) is 10.4. The van der Waals surface area contributed by atoms with E-state index < -0.39 is 6.61 Å². The molecule has 0 aliphatic carbocycles. The summed E-state index contributed by atoms with van der Waals surface area (Å²) in [6, 6.07) is 7.99. The summed E-state index contributed by atoms with van der Waals surface area (Å²) < 4.78 is 33.0. The summed E-state index contributed by atoms with van der Waals surface area (Å²) in [5, 5.41) is 0. The zero-order chi connectivity index (χ0) is 16.5. The summed E-state index contributed by atoms with van der Waals surface area (Å²) in [7, 11) is 0. The van der Waals surface area contributed by atoms with Crippen molar-refractivity contribution in [1.29, 1.82) is 0 Å². The van der Waals surface area contributed by atoms with Crippen molar-refractivity contribution in [2.24, 2.45) is 0 Å². The monoisotopic (exact) mass is 315 g/mol. The number of alkyl halides is 2. The van der Waals surface area contributed by atoms with E-state index in [0.717, 1.165) is 31.7 Å². The first-order valence-electron chi connectivity index (χ1n) is 7.81. The van der Waals surface area contributed by atoms with Gasteiger partial charge >= 0.3 is 6.61 Å². The van der Waals surface area contributed by atoms with E-state index in [1.165, 1.54) is 6.07 Å². The maximum Gasteiger partial charge on any atom is 0.387 e. The SMILES string of the molecule is CC(C)N1CCOC[C@H]1C.CCc1cccc(OC(F)F)c1. The van der Waals surface area contributed by atoms with E-state index in [0.29, 0.717) is 12.1 Å². The van der Waals surface area contributed by atoms with Crippen LogP contribution < -0.4 is 4.74 Å². The minimum Gasteiger partial charge on any atom is -0.435 e. The van der Waals surface area contributed by atoms with Gasteiger partial charge in [0.25, 0.3) is 0 Å². The number of morpholine rings is 1. The van der Waals surface area contributed by atoms with Crippen molar-refractivity contribution >= 4 is 0 Å².